The highest BCUT2D eigenvalue weighted by atomic mass is 16.5. The zero-order valence-corrected chi connectivity index (χ0v) is 17.1. The number of carbonyl (C=O) groups is 2. The van der Waals surface area contributed by atoms with E-state index in [2.05, 4.69) is 12.2 Å². The van der Waals surface area contributed by atoms with Gasteiger partial charge < -0.3 is 14.5 Å². The predicted octanol–water partition coefficient (Wildman–Crippen LogP) is 5.64. The minimum atomic E-state index is -0.681. The molecule has 0 aliphatic rings. The number of furan rings is 1. The van der Waals surface area contributed by atoms with E-state index < -0.39 is 17.9 Å². The summed E-state index contributed by atoms with van der Waals surface area (Å²) >= 11 is 0. The van der Waals surface area contributed by atoms with Crippen molar-refractivity contribution in [3.05, 3.63) is 24.2 Å². The number of nitrogens with one attached hydrogen (secondary N) is 1. The van der Waals surface area contributed by atoms with E-state index in [1.807, 2.05) is 0 Å². The van der Waals surface area contributed by atoms with Crippen LogP contribution in [0.5, 0.6) is 0 Å². The molecular weight excluding hydrogens is 342 g/mol. The molecule has 0 spiro atoms. The van der Waals surface area contributed by atoms with Crippen LogP contribution in [0, 0.1) is 0 Å². The molecule has 0 saturated carbocycles. The second kappa shape index (κ2) is 15.3. The van der Waals surface area contributed by atoms with Crippen LogP contribution in [0.25, 0.3) is 0 Å². The van der Waals surface area contributed by atoms with Crippen LogP contribution in [0.1, 0.15) is 101 Å². The number of carbonyl (C=O) groups excluding carboxylic acids is 2. The Hall–Kier alpha value is -1.78. The Kier molecular flexibility index (Phi) is 13.2. The lowest BCUT2D eigenvalue weighted by molar-refractivity contribution is -0.145. The molecule has 0 bridgehead atoms. The second-order valence-corrected chi connectivity index (χ2v) is 7.23. The molecule has 0 fully saturated rings. The number of hydrogen-bond donors (Lipinski definition) is 1. The third-order valence-electron chi connectivity index (χ3n) is 4.69. The molecule has 1 heterocycles. The standard InChI is InChI=1S/C22H37NO4/c1-3-4-5-6-7-8-9-10-11-12-13-14-17-27-22(25)19(2)23-21(24)20-16-15-18-26-20/h15-16,18-19H,3-14,17H2,1-2H3,(H,23,24)/t19-/m0/s1. The summed E-state index contributed by atoms with van der Waals surface area (Å²) in [6.07, 6.45) is 16.7. The minimum absolute atomic E-state index is 0.190. The molecule has 1 N–H and O–H groups in total. The molecule has 1 aromatic heterocycles. The van der Waals surface area contributed by atoms with Crippen LogP contribution in [0.3, 0.4) is 0 Å². The number of ether oxygens (including phenoxy) is 1. The van der Waals surface area contributed by atoms with E-state index >= 15 is 0 Å². The van der Waals surface area contributed by atoms with E-state index in [1.165, 1.54) is 70.5 Å². The van der Waals surface area contributed by atoms with Gasteiger partial charge in [-0.3, -0.25) is 4.79 Å². The highest BCUT2D eigenvalue weighted by Gasteiger charge is 2.19. The first-order valence-corrected chi connectivity index (χ1v) is 10.7. The Morgan fingerprint density at radius 2 is 1.52 bits per heavy atom. The van der Waals surface area contributed by atoms with Crippen molar-refractivity contribution in [2.45, 2.75) is 96.9 Å². The maximum absolute atomic E-state index is 11.9. The van der Waals surface area contributed by atoms with Crippen molar-refractivity contribution in [3.8, 4) is 0 Å². The summed E-state index contributed by atoms with van der Waals surface area (Å²) in [4.78, 5) is 23.7. The molecule has 154 valence electrons. The van der Waals surface area contributed by atoms with Gasteiger partial charge in [0.1, 0.15) is 6.04 Å². The van der Waals surface area contributed by atoms with Gasteiger partial charge in [-0.25, -0.2) is 4.79 Å². The number of rotatable bonds is 16. The fourth-order valence-corrected chi connectivity index (χ4v) is 2.98. The monoisotopic (exact) mass is 379 g/mol. The van der Waals surface area contributed by atoms with E-state index in [9.17, 15) is 9.59 Å². The van der Waals surface area contributed by atoms with E-state index in [0.29, 0.717) is 6.61 Å². The van der Waals surface area contributed by atoms with E-state index in [-0.39, 0.29) is 5.76 Å². The molecule has 0 aliphatic carbocycles. The van der Waals surface area contributed by atoms with Gasteiger partial charge >= 0.3 is 5.97 Å². The molecule has 0 aromatic carbocycles. The fraction of sp³-hybridized carbons (Fsp3) is 0.727. The van der Waals surface area contributed by atoms with Gasteiger partial charge in [-0.1, -0.05) is 77.6 Å². The average Bonchev–Trinajstić information content (AvgIpc) is 3.20. The zero-order chi connectivity index (χ0) is 19.7. The van der Waals surface area contributed by atoms with Crippen molar-refractivity contribution in [2.24, 2.45) is 0 Å². The zero-order valence-electron chi connectivity index (χ0n) is 17.1. The van der Waals surface area contributed by atoms with Crippen LogP contribution in [-0.4, -0.2) is 24.5 Å². The topological polar surface area (TPSA) is 68.5 Å². The third kappa shape index (κ3) is 11.5. The first-order valence-electron chi connectivity index (χ1n) is 10.7. The molecule has 0 radical (unpaired) electrons. The largest absolute Gasteiger partial charge is 0.464 e. The minimum Gasteiger partial charge on any atom is -0.464 e. The normalized spacial score (nSPS) is 11.9. The Bertz CT molecular complexity index is 498. The lowest BCUT2D eigenvalue weighted by Crippen LogP contribution is -2.39. The van der Waals surface area contributed by atoms with Gasteiger partial charge in [-0.2, -0.15) is 0 Å². The summed E-state index contributed by atoms with van der Waals surface area (Å²) in [5.41, 5.74) is 0. The third-order valence-corrected chi connectivity index (χ3v) is 4.69. The van der Waals surface area contributed by atoms with Crippen LogP contribution in [0.4, 0.5) is 0 Å². The lowest BCUT2D eigenvalue weighted by Gasteiger charge is -2.12. The SMILES string of the molecule is CCCCCCCCCCCCCCOC(=O)[C@H](C)NC(=O)c1ccco1. The maximum Gasteiger partial charge on any atom is 0.328 e. The van der Waals surface area contributed by atoms with Crippen LogP contribution in [0.2, 0.25) is 0 Å². The van der Waals surface area contributed by atoms with Crippen molar-refractivity contribution in [3.63, 3.8) is 0 Å². The molecule has 5 nitrogen and oxygen atoms in total. The molecule has 0 aliphatic heterocycles. The van der Waals surface area contributed by atoms with E-state index in [4.69, 9.17) is 9.15 Å². The van der Waals surface area contributed by atoms with Gasteiger partial charge in [-0.05, 0) is 25.5 Å². The van der Waals surface area contributed by atoms with Gasteiger partial charge in [0.15, 0.2) is 5.76 Å². The van der Waals surface area contributed by atoms with Gasteiger partial charge in [0.25, 0.3) is 5.91 Å². The summed E-state index contributed by atoms with van der Waals surface area (Å²) in [7, 11) is 0. The Morgan fingerprint density at radius 1 is 0.963 bits per heavy atom. The van der Waals surface area contributed by atoms with Gasteiger partial charge in [0.05, 0.1) is 12.9 Å². The highest BCUT2D eigenvalue weighted by Crippen LogP contribution is 2.12. The van der Waals surface area contributed by atoms with Crippen LogP contribution >= 0.6 is 0 Å². The molecule has 5 heteroatoms. The molecule has 1 rings (SSSR count). The van der Waals surface area contributed by atoms with Gasteiger partial charge in [0, 0.05) is 0 Å². The number of unbranched alkanes of at least 4 members (excludes halogenated alkanes) is 11. The second-order valence-electron chi connectivity index (χ2n) is 7.23. The van der Waals surface area contributed by atoms with Gasteiger partial charge in [0.2, 0.25) is 0 Å². The Balaban J connectivity index is 1.91. The van der Waals surface area contributed by atoms with Gasteiger partial charge in [-0.15, -0.1) is 0 Å². The summed E-state index contributed by atoms with van der Waals surface area (Å²) in [6.45, 7) is 4.28. The molecule has 27 heavy (non-hydrogen) atoms. The molecule has 1 atom stereocenters. The fourth-order valence-electron chi connectivity index (χ4n) is 2.98. The van der Waals surface area contributed by atoms with Crippen molar-refractivity contribution in [1.29, 1.82) is 0 Å². The van der Waals surface area contributed by atoms with Crippen molar-refractivity contribution >= 4 is 11.9 Å². The molecule has 0 unspecified atom stereocenters. The van der Waals surface area contributed by atoms with Crippen molar-refractivity contribution in [1.82, 2.24) is 5.32 Å². The number of esters is 1. The first-order chi connectivity index (χ1) is 13.1. The summed E-state index contributed by atoms with van der Waals surface area (Å²) in [5.74, 6) is -0.622. The predicted molar refractivity (Wildman–Crippen MR) is 108 cm³/mol. The quantitative estimate of drug-likeness (QED) is 0.298. The van der Waals surface area contributed by atoms with Crippen molar-refractivity contribution in [2.75, 3.05) is 6.61 Å². The van der Waals surface area contributed by atoms with E-state index in [1.54, 1.807) is 19.1 Å². The molecule has 1 aromatic rings. The van der Waals surface area contributed by atoms with Crippen LogP contribution in [-0.2, 0) is 9.53 Å². The average molecular weight is 380 g/mol. The summed E-state index contributed by atoms with van der Waals surface area (Å²) < 4.78 is 10.2. The van der Waals surface area contributed by atoms with Crippen molar-refractivity contribution < 1.29 is 18.7 Å². The lowest BCUT2D eigenvalue weighted by atomic mass is 10.1. The number of amides is 1. The summed E-state index contributed by atoms with van der Waals surface area (Å²) in [6, 6.07) is 2.51. The smallest absolute Gasteiger partial charge is 0.328 e. The first kappa shape index (κ1) is 23.3. The summed E-state index contributed by atoms with van der Waals surface area (Å²) in [5, 5.41) is 2.57. The maximum atomic E-state index is 11.9. The molecular formula is C22H37NO4. The Labute approximate surface area is 164 Å². The van der Waals surface area contributed by atoms with Crippen LogP contribution in [0.15, 0.2) is 22.8 Å². The van der Waals surface area contributed by atoms with E-state index in [0.717, 1.165) is 12.8 Å². The highest BCUT2D eigenvalue weighted by molar-refractivity contribution is 5.94. The van der Waals surface area contributed by atoms with Crippen LogP contribution < -0.4 is 5.32 Å². The molecule has 1 amide bonds. The number of hydrogen-bond acceptors (Lipinski definition) is 4. The Morgan fingerprint density at radius 3 is 2.04 bits per heavy atom. The molecule has 0 saturated heterocycles.